The summed E-state index contributed by atoms with van der Waals surface area (Å²) in [6.07, 6.45) is 4.93. The van der Waals surface area contributed by atoms with E-state index in [9.17, 15) is 0 Å². The van der Waals surface area contributed by atoms with Gasteiger partial charge in [-0.2, -0.15) is 0 Å². The van der Waals surface area contributed by atoms with E-state index in [2.05, 4.69) is 267 Å². The highest BCUT2D eigenvalue weighted by Crippen LogP contribution is 2.52. The van der Waals surface area contributed by atoms with Crippen LogP contribution in [0.1, 0.15) is 86.3 Å². The van der Waals surface area contributed by atoms with Crippen LogP contribution in [0, 0.1) is 20.8 Å². The van der Waals surface area contributed by atoms with E-state index in [1.165, 1.54) is 124 Å². The highest BCUT2D eigenvalue weighted by molar-refractivity contribution is 6.10. The first kappa shape index (κ1) is 46.8. The van der Waals surface area contributed by atoms with Crippen LogP contribution in [0.3, 0.4) is 0 Å². The summed E-state index contributed by atoms with van der Waals surface area (Å²) in [5.74, 6) is 0.647. The largest absolute Gasteiger partial charge is 0.0651 e. The first-order valence-corrected chi connectivity index (χ1v) is 25.1. The smallest absolute Gasteiger partial charge is 0.00554 e. The lowest BCUT2D eigenvalue weighted by Gasteiger charge is -2.23. The molecule has 69 heavy (non-hydrogen) atoms. The Balaban J connectivity index is 0.000000136. The van der Waals surface area contributed by atoms with Crippen LogP contribution in [0.15, 0.2) is 218 Å². The average molecular weight is 895 g/mol. The van der Waals surface area contributed by atoms with E-state index in [-0.39, 0.29) is 5.41 Å². The average Bonchev–Trinajstić information content (AvgIpc) is 4.23. The number of benzene rings is 10. The molecular formula is C69H66. The van der Waals surface area contributed by atoms with Crippen molar-refractivity contribution in [2.24, 2.45) is 0 Å². The van der Waals surface area contributed by atoms with E-state index in [0.29, 0.717) is 5.92 Å². The molecule has 0 spiro atoms. The predicted molar refractivity (Wildman–Crippen MR) is 300 cm³/mol. The minimum absolute atomic E-state index is 0.182. The van der Waals surface area contributed by atoms with Gasteiger partial charge in [-0.25, -0.2) is 0 Å². The van der Waals surface area contributed by atoms with Gasteiger partial charge in [-0.05, 0) is 157 Å². The summed E-state index contributed by atoms with van der Waals surface area (Å²) in [6, 6.07) is 79.5. The molecule has 0 amide bonds. The fourth-order valence-electron chi connectivity index (χ4n) is 9.87. The first-order chi connectivity index (χ1) is 33.6. The maximum atomic E-state index is 2.43. The lowest BCUT2D eigenvalue weighted by molar-refractivity contribution is 0.592. The summed E-state index contributed by atoms with van der Waals surface area (Å²) in [5.41, 5.74) is 21.9. The molecule has 0 unspecified atom stereocenters. The minimum atomic E-state index is 0.182. The Hall–Kier alpha value is -7.28. The van der Waals surface area contributed by atoms with Gasteiger partial charge in [0.1, 0.15) is 0 Å². The van der Waals surface area contributed by atoms with Gasteiger partial charge >= 0.3 is 0 Å². The number of hydrogen-bond donors (Lipinski definition) is 0. The van der Waals surface area contributed by atoms with Crippen molar-refractivity contribution in [2.45, 2.75) is 85.5 Å². The number of hydrogen-bond acceptors (Lipinski definition) is 0. The summed E-state index contributed by atoms with van der Waals surface area (Å²) < 4.78 is 0. The van der Waals surface area contributed by atoms with Crippen LogP contribution >= 0.6 is 0 Å². The van der Waals surface area contributed by atoms with Gasteiger partial charge in [0.2, 0.25) is 0 Å². The lowest BCUT2D eigenvalue weighted by Crippen LogP contribution is -2.12. The van der Waals surface area contributed by atoms with Crippen LogP contribution in [0.5, 0.6) is 0 Å². The SMILES string of the molecule is CCCc1ccc(-c2ccc(-c3ccccc3)cc2)cc1.Cc1ccc(-c2cc3ccccc3c(-c3c(C)ccc4ccccc34)c2C2CC2)cc1.Cc1ccc(-c2ccccc2C(C)(C)C)cc1. The van der Waals surface area contributed by atoms with Crippen molar-refractivity contribution in [1.29, 1.82) is 0 Å². The standard InChI is InChI=1S/C31H26.C21H20.C17H20/c1-20-11-14-23(15-12-20)28-19-25-8-4-6-10-27(25)31(30(28)24-17-18-24)29-21(2)13-16-22-7-3-5-9-26(22)29;1-2-6-17-9-11-19(12-10-17)21-15-13-20(14-16-21)18-7-4-3-5-8-18;1-13-9-11-14(12-10-13)15-7-5-6-8-16(15)17(2,3)4/h3-16,19,24H,17-18H2,1-2H3;3-5,7-16H,2,6H2,1H3;5-12H,1-4H3. The van der Waals surface area contributed by atoms with Gasteiger partial charge in [0, 0.05) is 0 Å². The molecular weight excluding hydrogens is 829 g/mol. The van der Waals surface area contributed by atoms with Crippen LogP contribution in [-0.2, 0) is 11.8 Å². The van der Waals surface area contributed by atoms with Gasteiger partial charge in [0.05, 0.1) is 0 Å². The van der Waals surface area contributed by atoms with Crippen molar-refractivity contribution in [3.8, 4) is 55.6 Å². The molecule has 10 aromatic rings. The second kappa shape index (κ2) is 20.9. The lowest BCUT2D eigenvalue weighted by atomic mass is 9.82. The fraction of sp³-hybridized carbons (Fsp3) is 0.188. The molecule has 0 atom stereocenters. The zero-order valence-corrected chi connectivity index (χ0v) is 41.7. The molecule has 0 radical (unpaired) electrons. The molecule has 1 fully saturated rings. The molecule has 0 aliphatic heterocycles. The third-order valence-corrected chi connectivity index (χ3v) is 13.7. The monoisotopic (exact) mass is 895 g/mol. The van der Waals surface area contributed by atoms with E-state index in [4.69, 9.17) is 0 Å². The maximum Gasteiger partial charge on any atom is -0.00554 e. The van der Waals surface area contributed by atoms with Crippen LogP contribution in [0.2, 0.25) is 0 Å². The van der Waals surface area contributed by atoms with Crippen molar-refractivity contribution in [2.75, 3.05) is 0 Å². The molecule has 1 saturated carbocycles. The van der Waals surface area contributed by atoms with E-state index >= 15 is 0 Å². The molecule has 0 N–H and O–H groups in total. The van der Waals surface area contributed by atoms with Crippen LogP contribution in [-0.4, -0.2) is 0 Å². The molecule has 0 saturated heterocycles. The summed E-state index contributed by atoms with van der Waals surface area (Å²) in [4.78, 5) is 0. The summed E-state index contributed by atoms with van der Waals surface area (Å²) in [6.45, 7) is 15.6. The fourth-order valence-corrected chi connectivity index (χ4v) is 9.87. The predicted octanol–water partition coefficient (Wildman–Crippen LogP) is 19.8. The van der Waals surface area contributed by atoms with Crippen molar-refractivity contribution in [3.63, 3.8) is 0 Å². The zero-order valence-electron chi connectivity index (χ0n) is 41.7. The van der Waals surface area contributed by atoms with Gasteiger partial charge in [-0.3, -0.25) is 0 Å². The molecule has 0 aromatic heterocycles. The molecule has 10 aromatic carbocycles. The molecule has 342 valence electrons. The Kier molecular flexibility index (Phi) is 14.2. The van der Waals surface area contributed by atoms with Crippen LogP contribution in [0.25, 0.3) is 77.2 Å². The van der Waals surface area contributed by atoms with Crippen LogP contribution in [0.4, 0.5) is 0 Å². The number of fused-ring (bicyclic) bond motifs is 2. The topological polar surface area (TPSA) is 0 Å². The molecule has 0 heteroatoms. The van der Waals surface area contributed by atoms with Gasteiger partial charge < -0.3 is 0 Å². The molecule has 1 aliphatic carbocycles. The van der Waals surface area contributed by atoms with Gasteiger partial charge in [-0.1, -0.05) is 258 Å². The van der Waals surface area contributed by atoms with Gasteiger partial charge in [0.25, 0.3) is 0 Å². The third kappa shape index (κ3) is 10.9. The zero-order chi connectivity index (χ0) is 47.9. The van der Waals surface area contributed by atoms with E-state index in [0.717, 1.165) is 6.42 Å². The maximum absolute atomic E-state index is 2.43. The summed E-state index contributed by atoms with van der Waals surface area (Å²) in [7, 11) is 0. The molecule has 11 rings (SSSR count). The van der Waals surface area contributed by atoms with Crippen LogP contribution < -0.4 is 0 Å². The second-order valence-corrected chi connectivity index (χ2v) is 20.1. The summed E-state index contributed by atoms with van der Waals surface area (Å²) in [5, 5.41) is 5.37. The Bertz CT molecular complexity index is 3290. The van der Waals surface area contributed by atoms with Crippen molar-refractivity contribution < 1.29 is 0 Å². The summed E-state index contributed by atoms with van der Waals surface area (Å²) >= 11 is 0. The first-order valence-electron chi connectivity index (χ1n) is 25.1. The second-order valence-electron chi connectivity index (χ2n) is 20.1. The normalized spacial score (nSPS) is 12.2. The van der Waals surface area contributed by atoms with Crippen molar-refractivity contribution in [1.82, 2.24) is 0 Å². The Labute approximate surface area is 412 Å². The quantitative estimate of drug-likeness (QED) is 0.143. The molecule has 0 nitrogen and oxygen atoms in total. The number of rotatable bonds is 8. The third-order valence-electron chi connectivity index (χ3n) is 13.7. The van der Waals surface area contributed by atoms with E-state index < -0.39 is 0 Å². The Morgan fingerprint density at radius 3 is 1.43 bits per heavy atom. The molecule has 1 aliphatic rings. The number of aryl methyl sites for hydroxylation is 4. The van der Waals surface area contributed by atoms with Crippen molar-refractivity contribution in [3.05, 3.63) is 252 Å². The molecule has 0 bridgehead atoms. The Morgan fingerprint density at radius 1 is 0.406 bits per heavy atom. The van der Waals surface area contributed by atoms with Crippen molar-refractivity contribution >= 4 is 21.5 Å². The highest BCUT2D eigenvalue weighted by Gasteiger charge is 2.31. The van der Waals surface area contributed by atoms with Gasteiger partial charge in [0.15, 0.2) is 0 Å². The van der Waals surface area contributed by atoms with Gasteiger partial charge in [-0.15, -0.1) is 0 Å². The highest BCUT2D eigenvalue weighted by atomic mass is 14.4. The van der Waals surface area contributed by atoms with E-state index in [1.54, 1.807) is 5.56 Å². The van der Waals surface area contributed by atoms with E-state index in [1.807, 2.05) is 0 Å². The Morgan fingerprint density at radius 2 is 0.870 bits per heavy atom. The molecule has 0 heterocycles. The minimum Gasteiger partial charge on any atom is -0.0651 e.